The molecule has 27 heavy (non-hydrogen) atoms. The molecule has 3 rings (SSSR count). The topological polar surface area (TPSA) is 131 Å². The van der Waals surface area contributed by atoms with E-state index in [2.05, 4.69) is 10.2 Å². The van der Waals surface area contributed by atoms with E-state index in [1.54, 1.807) is 24.3 Å². The quantitative estimate of drug-likeness (QED) is 0.347. The van der Waals surface area contributed by atoms with Crippen LogP contribution in [0.4, 0.5) is 22.7 Å². The first-order chi connectivity index (χ1) is 12.8. The van der Waals surface area contributed by atoms with Crippen molar-refractivity contribution < 1.29 is 15.0 Å². The van der Waals surface area contributed by atoms with Crippen LogP contribution in [0.1, 0.15) is 5.56 Å². The number of phenols is 1. The summed E-state index contributed by atoms with van der Waals surface area (Å²) >= 11 is 6.00. The van der Waals surface area contributed by atoms with Gasteiger partial charge in [0, 0.05) is 16.8 Å². The van der Waals surface area contributed by atoms with E-state index in [-0.39, 0.29) is 22.0 Å². The zero-order valence-electron chi connectivity index (χ0n) is 13.8. The molecule has 0 aromatic heterocycles. The average Bonchev–Trinajstić information content (AvgIpc) is 2.63. The summed E-state index contributed by atoms with van der Waals surface area (Å²) in [4.78, 5) is 21.0. The lowest BCUT2D eigenvalue weighted by molar-refractivity contribution is -0.394. The molecular weight excluding hydrogens is 376 g/mol. The molecule has 3 aromatic carbocycles. The minimum absolute atomic E-state index is 0.0553. The molecule has 0 saturated carbocycles. The lowest BCUT2D eigenvalue weighted by Gasteiger charge is -2.05. The molecule has 0 unspecified atom stereocenters. The van der Waals surface area contributed by atoms with Crippen LogP contribution in [0.5, 0.6) is 5.75 Å². The number of aromatic hydroxyl groups is 1. The Morgan fingerprint density at radius 2 is 1.67 bits per heavy atom. The van der Waals surface area contributed by atoms with Crippen LogP contribution in [0, 0.1) is 27.2 Å². The SMILES string of the molecule is Cc1c([N+](=O)[O-])cc(Cl)c(N=Nc2ccc(O)c3ccccc23)c1[N+](=O)[O-]. The van der Waals surface area contributed by atoms with Crippen LogP contribution in [0.25, 0.3) is 10.8 Å². The molecule has 0 spiro atoms. The standard InChI is InChI=1S/C17H11ClN4O5/c1-9-14(21(24)25)8-12(18)16(17(9)22(26)27)20-19-13-6-7-15(23)11-5-3-2-4-10(11)13/h2-8,23H,1H3. The van der Waals surface area contributed by atoms with Crippen LogP contribution < -0.4 is 0 Å². The highest BCUT2D eigenvalue weighted by Crippen LogP contribution is 2.43. The number of nitro groups is 2. The summed E-state index contributed by atoms with van der Waals surface area (Å²) < 4.78 is 0. The highest BCUT2D eigenvalue weighted by molar-refractivity contribution is 6.33. The highest BCUT2D eigenvalue weighted by Gasteiger charge is 2.29. The van der Waals surface area contributed by atoms with E-state index < -0.39 is 21.2 Å². The van der Waals surface area contributed by atoms with Crippen molar-refractivity contribution in [2.24, 2.45) is 10.2 Å². The van der Waals surface area contributed by atoms with Crippen molar-refractivity contribution in [2.75, 3.05) is 0 Å². The molecule has 0 atom stereocenters. The van der Waals surface area contributed by atoms with E-state index >= 15 is 0 Å². The van der Waals surface area contributed by atoms with Gasteiger partial charge in [0.25, 0.3) is 5.69 Å². The normalized spacial score (nSPS) is 11.2. The molecule has 10 heteroatoms. The number of azo groups is 1. The van der Waals surface area contributed by atoms with Gasteiger partial charge in [-0.2, -0.15) is 0 Å². The zero-order chi connectivity index (χ0) is 19.7. The molecule has 0 radical (unpaired) electrons. The number of rotatable bonds is 4. The monoisotopic (exact) mass is 386 g/mol. The molecule has 1 N–H and O–H groups in total. The molecule has 0 saturated heterocycles. The first-order valence-electron chi connectivity index (χ1n) is 7.55. The van der Waals surface area contributed by atoms with Crippen LogP contribution in [0.15, 0.2) is 52.7 Å². The molecule has 3 aromatic rings. The van der Waals surface area contributed by atoms with Crippen LogP contribution in [-0.4, -0.2) is 15.0 Å². The Morgan fingerprint density at radius 1 is 1.00 bits per heavy atom. The number of fused-ring (bicyclic) bond motifs is 1. The summed E-state index contributed by atoms with van der Waals surface area (Å²) in [6, 6.07) is 10.8. The summed E-state index contributed by atoms with van der Waals surface area (Å²) in [6.45, 7) is 1.25. The predicted octanol–water partition coefficient (Wildman–Crippen LogP) is 5.74. The lowest BCUT2D eigenvalue weighted by Crippen LogP contribution is -1.98. The predicted molar refractivity (Wildman–Crippen MR) is 99.3 cm³/mol. The van der Waals surface area contributed by atoms with E-state index in [1.165, 1.54) is 19.1 Å². The maximum atomic E-state index is 11.4. The summed E-state index contributed by atoms with van der Waals surface area (Å²) in [6.07, 6.45) is 0. The third-order valence-electron chi connectivity index (χ3n) is 3.97. The molecule has 0 fully saturated rings. The minimum Gasteiger partial charge on any atom is -0.507 e. The van der Waals surface area contributed by atoms with Gasteiger partial charge in [0.1, 0.15) is 11.3 Å². The molecule has 0 bridgehead atoms. The van der Waals surface area contributed by atoms with Crippen molar-refractivity contribution in [1.29, 1.82) is 0 Å². The van der Waals surface area contributed by atoms with Gasteiger partial charge in [-0.3, -0.25) is 20.2 Å². The fraction of sp³-hybridized carbons (Fsp3) is 0.0588. The van der Waals surface area contributed by atoms with E-state index in [0.29, 0.717) is 16.5 Å². The Hall–Kier alpha value is -3.59. The fourth-order valence-electron chi connectivity index (χ4n) is 2.68. The van der Waals surface area contributed by atoms with E-state index in [0.717, 1.165) is 6.07 Å². The highest BCUT2D eigenvalue weighted by atomic mass is 35.5. The maximum Gasteiger partial charge on any atom is 0.308 e. The molecule has 136 valence electrons. The zero-order valence-corrected chi connectivity index (χ0v) is 14.5. The third-order valence-corrected chi connectivity index (χ3v) is 4.26. The second-order valence-corrected chi connectivity index (χ2v) is 5.97. The summed E-state index contributed by atoms with van der Waals surface area (Å²) in [5.74, 6) is 0.0553. The van der Waals surface area contributed by atoms with E-state index in [9.17, 15) is 25.3 Å². The second kappa shape index (κ2) is 6.96. The number of nitro benzene ring substituents is 2. The van der Waals surface area contributed by atoms with Crippen molar-refractivity contribution in [3.63, 3.8) is 0 Å². The van der Waals surface area contributed by atoms with Gasteiger partial charge in [-0.25, -0.2) is 0 Å². The molecule has 0 heterocycles. The van der Waals surface area contributed by atoms with Crippen molar-refractivity contribution >= 4 is 45.1 Å². The van der Waals surface area contributed by atoms with Gasteiger partial charge in [0.05, 0.1) is 20.6 Å². The van der Waals surface area contributed by atoms with Crippen LogP contribution in [0.2, 0.25) is 5.02 Å². The van der Waals surface area contributed by atoms with Crippen molar-refractivity contribution in [3.8, 4) is 5.75 Å². The Labute approximate surface area is 156 Å². The van der Waals surface area contributed by atoms with Gasteiger partial charge in [-0.15, -0.1) is 10.2 Å². The number of hydrogen-bond acceptors (Lipinski definition) is 7. The molecular formula is C17H11ClN4O5. The van der Waals surface area contributed by atoms with E-state index in [1.807, 2.05) is 0 Å². The molecule has 0 aliphatic carbocycles. The maximum absolute atomic E-state index is 11.4. The van der Waals surface area contributed by atoms with Gasteiger partial charge >= 0.3 is 5.69 Å². The number of halogens is 1. The Kier molecular flexibility index (Phi) is 4.70. The number of phenolic OH excluding ortho intramolecular Hbond substituents is 1. The van der Waals surface area contributed by atoms with Crippen LogP contribution >= 0.6 is 11.6 Å². The lowest BCUT2D eigenvalue weighted by atomic mass is 10.1. The summed E-state index contributed by atoms with van der Waals surface area (Å²) in [5.41, 5.74) is -1.15. The Bertz CT molecular complexity index is 1130. The molecule has 0 aliphatic rings. The minimum atomic E-state index is -0.780. The first-order valence-corrected chi connectivity index (χ1v) is 7.93. The van der Waals surface area contributed by atoms with Crippen molar-refractivity contribution in [2.45, 2.75) is 6.92 Å². The molecule has 0 aliphatic heterocycles. The molecule has 0 amide bonds. The van der Waals surface area contributed by atoms with Crippen LogP contribution in [0.3, 0.4) is 0 Å². The summed E-state index contributed by atoms with van der Waals surface area (Å²) in [7, 11) is 0. The van der Waals surface area contributed by atoms with Gasteiger partial charge in [0.15, 0.2) is 5.69 Å². The Balaban J connectivity index is 2.19. The third kappa shape index (κ3) is 3.27. The smallest absolute Gasteiger partial charge is 0.308 e. The van der Waals surface area contributed by atoms with Gasteiger partial charge in [-0.1, -0.05) is 35.9 Å². The van der Waals surface area contributed by atoms with Gasteiger partial charge < -0.3 is 5.11 Å². The molecule has 9 nitrogen and oxygen atoms in total. The van der Waals surface area contributed by atoms with E-state index in [4.69, 9.17) is 11.6 Å². The van der Waals surface area contributed by atoms with Crippen molar-refractivity contribution in [3.05, 3.63) is 73.3 Å². The number of hydrogen-bond donors (Lipinski definition) is 1. The first kappa shape index (κ1) is 18.2. The second-order valence-electron chi connectivity index (χ2n) is 5.56. The van der Waals surface area contributed by atoms with Crippen LogP contribution in [-0.2, 0) is 0 Å². The van der Waals surface area contributed by atoms with Gasteiger partial charge in [0.2, 0.25) is 0 Å². The summed E-state index contributed by atoms with van der Waals surface area (Å²) in [5, 5.41) is 41.2. The number of nitrogens with zero attached hydrogens (tertiary/aromatic N) is 4. The Morgan fingerprint density at radius 3 is 2.30 bits per heavy atom. The fourth-order valence-corrected chi connectivity index (χ4v) is 2.91. The largest absolute Gasteiger partial charge is 0.507 e. The number of benzene rings is 3. The van der Waals surface area contributed by atoms with Gasteiger partial charge in [-0.05, 0) is 19.1 Å². The average molecular weight is 387 g/mol. The van der Waals surface area contributed by atoms with Crippen molar-refractivity contribution in [1.82, 2.24) is 0 Å².